The quantitative estimate of drug-likeness (QED) is 0.00320. The van der Waals surface area contributed by atoms with E-state index in [1.165, 1.54) is 43.8 Å². The zero-order valence-corrected chi connectivity index (χ0v) is 79.6. The number of rotatable bonds is 39. The number of ether oxygens (including phenoxy) is 4. The van der Waals surface area contributed by atoms with Gasteiger partial charge in [-0.2, -0.15) is 8.78 Å². The molecule has 6 unspecified atom stereocenters. The number of hydrogen-bond donors (Lipinski definition) is 4. The molecule has 0 bridgehead atoms. The lowest BCUT2D eigenvalue weighted by Crippen LogP contribution is -2.48. The fourth-order valence-electron chi connectivity index (χ4n) is 15.9. The third-order valence-corrected chi connectivity index (χ3v) is 26.0. The Morgan fingerprint density at radius 3 is 1.31 bits per heavy atom. The van der Waals surface area contributed by atoms with Crippen molar-refractivity contribution in [2.24, 2.45) is 46.5 Å². The zero-order chi connectivity index (χ0) is 96.3. The van der Waals surface area contributed by atoms with E-state index in [9.17, 15) is 75.3 Å². The third kappa shape index (κ3) is 32.0. The molecule has 2 aliphatic rings. The molecule has 33 heteroatoms. The number of esters is 4. The normalized spacial score (nSPS) is 16.7. The van der Waals surface area contributed by atoms with Crippen LogP contribution in [-0.4, -0.2) is 197 Å². The number of amides is 4. The number of halogens is 5. The molecule has 0 radical (unpaired) electrons. The van der Waals surface area contributed by atoms with Crippen LogP contribution in [0.1, 0.15) is 221 Å². The Morgan fingerprint density at radius 2 is 0.946 bits per heavy atom. The van der Waals surface area contributed by atoms with Crippen LogP contribution in [-0.2, 0) is 60.6 Å². The van der Waals surface area contributed by atoms with Crippen molar-refractivity contribution in [1.82, 2.24) is 40.2 Å². The fourth-order valence-corrected chi connectivity index (χ4v) is 17.5. The van der Waals surface area contributed by atoms with E-state index in [1.807, 2.05) is 147 Å². The maximum Gasteiger partial charge on any atom is 0.328 e. The Hall–Kier alpha value is -10.4. The summed E-state index contributed by atoms with van der Waals surface area (Å²) in [6, 6.07) is 33.2. The van der Waals surface area contributed by atoms with Gasteiger partial charge in [0.05, 0.1) is 38.7 Å². The number of azide groups is 1. The molecule has 7 aromatic rings. The van der Waals surface area contributed by atoms with Gasteiger partial charge in [-0.25, -0.2) is 27.9 Å². The van der Waals surface area contributed by atoms with E-state index in [4.69, 9.17) is 15.0 Å². The van der Waals surface area contributed by atoms with Gasteiger partial charge in [0.25, 0.3) is 11.8 Å². The molecule has 4 amide bonds. The second-order valence-electron chi connectivity index (χ2n) is 34.3. The van der Waals surface area contributed by atoms with Crippen molar-refractivity contribution in [3.8, 4) is 28.0 Å². The van der Waals surface area contributed by atoms with Crippen molar-refractivity contribution in [3.63, 3.8) is 0 Å². The number of thiazole rings is 2. The maximum atomic E-state index is 14.1. The van der Waals surface area contributed by atoms with Gasteiger partial charge < -0.3 is 49.6 Å². The van der Waals surface area contributed by atoms with Crippen LogP contribution in [0.5, 0.6) is 5.75 Å². The fraction of sp³-hybridized carbons (Fsp3) is 0.536. The SMILES string of the molecule is CCC(C)[C@H](CC(=O)C1CCCCN1C)C(=O)N(C)C(C[C@@H](O)c1nc(C(=O)N[C@@H](Cc2ccc(-c3ccccc3)cc2)C[C@H](C)C(=O)OC)cs1)C(C)C.CCC(C)[C@H](N=[N+]=[N-])C(=O)N(C)C(C[C@@H](O)c1nc(C(=O)N[C@@H](Cc2ccc(-c3ccccc3)cc2)C[C@H](C)C(=O)OC)cs1)C(C)C.CCOC(C)=O.CN1CCCCC1C(=O)Oc1c(F)c(F)c(F)c(F)c1F. The standard InChI is InChI=1S/C44H62N4O6S.C36H48N6O5S.C13H12F5NO2.C4H8O2/c1-9-29(4)35(25-39(49)37-17-13-14-22-47(37)6)43(52)48(7)38(28(2)3)26-40(50)42-46-36(27-55-42)41(51)45-34(23-30(5)44(53)54-8)24-31-18-20-33(21-19-31)32-15-11-10-12-16-32;1-8-23(4)32(40-41-37)35(45)42(6)30(22(2)3)20-31(43)34-39-29(21-48-34)33(44)38-28(18-24(5)36(46)47-7)19-25-14-16-27(17-15-25)26-12-10-9-11-13-26;1-19-5-3-2-4-6(19)13(20)21-12-10(17)8(15)7(14)9(16)11(12)18;1-3-6-4(2)5/h10-12,15-16,18-21,27-30,34-35,37-38,40,50H,9,13-14,17,22-26H2,1-8H3,(H,45,51);9-17,21-24,28,30-32,43H,8,18-20H2,1-7H3,(H,38,44);6H,2-5H2,1H3;3H2,1-2H3/t29?,30-,34+,35-,37?,38?,40+;23?,24-,28+,30?,31+,32-;;/m00../s1. The molecule has 14 atom stereocenters. The van der Waals surface area contributed by atoms with Crippen molar-refractivity contribution in [2.45, 2.75) is 234 Å². The summed E-state index contributed by atoms with van der Waals surface area (Å²) >= 11 is 2.37. The van der Waals surface area contributed by atoms with Gasteiger partial charge in [-0.3, -0.25) is 48.2 Å². The van der Waals surface area contributed by atoms with E-state index < -0.39 is 94.7 Å². The van der Waals surface area contributed by atoms with Crippen molar-refractivity contribution >= 4 is 76.0 Å². The number of aliphatic hydroxyl groups is 2. The predicted molar refractivity (Wildman–Crippen MR) is 491 cm³/mol. The van der Waals surface area contributed by atoms with Crippen LogP contribution in [0, 0.1) is 70.5 Å². The van der Waals surface area contributed by atoms with Crippen LogP contribution in [0.25, 0.3) is 32.7 Å². The first-order valence-electron chi connectivity index (χ1n) is 44.4. The molecule has 4 heterocycles. The lowest BCUT2D eigenvalue weighted by Gasteiger charge is -2.37. The molecule has 130 heavy (non-hydrogen) atoms. The summed E-state index contributed by atoms with van der Waals surface area (Å²) in [6.07, 6.45) is 6.67. The number of nitrogens with zero attached hydrogens (tertiary/aromatic N) is 9. The number of ketones is 1. The Kier molecular flexibility index (Phi) is 44.8. The van der Waals surface area contributed by atoms with Crippen LogP contribution in [0.3, 0.4) is 0 Å². The lowest BCUT2D eigenvalue weighted by atomic mass is 9.83. The number of likely N-dealkylation sites (N-methyl/N-ethyl adjacent to an activating group) is 3. The highest BCUT2D eigenvalue weighted by Crippen LogP contribution is 2.36. The number of likely N-dealkylation sites (tertiary alicyclic amines) is 2. The number of carbonyl (C=O) groups is 9. The van der Waals surface area contributed by atoms with E-state index in [2.05, 4.69) is 69.3 Å². The Labute approximate surface area is 768 Å². The number of benzene rings is 5. The molecular formula is C97H130F5N11O15S2. The first kappa shape index (κ1) is 108. The van der Waals surface area contributed by atoms with Gasteiger partial charge in [-0.05, 0) is 148 Å². The molecule has 2 saturated heterocycles. The van der Waals surface area contributed by atoms with Crippen LogP contribution >= 0.6 is 22.7 Å². The molecular weight excluding hydrogens is 1720 g/mol. The van der Waals surface area contributed by atoms with E-state index in [0.717, 1.165) is 72.0 Å². The molecule has 5 aromatic carbocycles. The summed E-state index contributed by atoms with van der Waals surface area (Å²) in [5.41, 5.74) is 15.8. The summed E-state index contributed by atoms with van der Waals surface area (Å²) in [5.74, 6) is -16.9. The summed E-state index contributed by atoms with van der Waals surface area (Å²) < 4.78 is 84.5. The number of aliphatic hydroxyl groups excluding tert-OH is 2. The highest BCUT2D eigenvalue weighted by Gasteiger charge is 2.40. The van der Waals surface area contributed by atoms with Crippen molar-refractivity contribution in [2.75, 3.05) is 62.1 Å². The van der Waals surface area contributed by atoms with Gasteiger partial charge in [-0.1, -0.05) is 209 Å². The van der Waals surface area contributed by atoms with Gasteiger partial charge in [0.15, 0.2) is 5.78 Å². The minimum absolute atomic E-state index is 0.0145. The van der Waals surface area contributed by atoms with Crippen molar-refractivity contribution in [1.29, 1.82) is 0 Å². The average molecular weight is 1850 g/mol. The molecule has 0 saturated carbocycles. The van der Waals surface area contributed by atoms with Crippen LogP contribution in [0.4, 0.5) is 22.0 Å². The summed E-state index contributed by atoms with van der Waals surface area (Å²) in [6.45, 7) is 24.5. The van der Waals surface area contributed by atoms with E-state index >= 15 is 0 Å². The third-order valence-electron chi connectivity index (χ3n) is 24.1. The van der Waals surface area contributed by atoms with E-state index in [0.29, 0.717) is 68.1 Å². The summed E-state index contributed by atoms with van der Waals surface area (Å²) in [5, 5.41) is 36.5. The Bertz CT molecular complexity index is 4830. The Morgan fingerprint density at radius 1 is 0.554 bits per heavy atom. The smallest absolute Gasteiger partial charge is 0.328 e. The predicted octanol–water partition coefficient (Wildman–Crippen LogP) is 17.7. The lowest BCUT2D eigenvalue weighted by molar-refractivity contribution is -0.146. The minimum Gasteiger partial charge on any atom is -0.469 e. The molecule has 4 N–H and O–H groups in total. The number of aromatic nitrogens is 2. The minimum atomic E-state index is -2.29. The topological polar surface area (TPSA) is 343 Å². The van der Waals surface area contributed by atoms with Gasteiger partial charge >= 0.3 is 23.9 Å². The number of methoxy groups -OCH3 is 2. The molecule has 2 aromatic heterocycles. The second kappa shape index (κ2) is 53.8. The summed E-state index contributed by atoms with van der Waals surface area (Å²) in [4.78, 5) is 133. The molecule has 0 spiro atoms. The number of Topliss-reactive ketones (excluding diaryl/α,β-unsaturated/α-hetero) is 1. The largest absolute Gasteiger partial charge is 0.469 e. The number of nitrogens with one attached hydrogen (secondary N) is 2. The van der Waals surface area contributed by atoms with Crippen molar-refractivity contribution < 1.29 is 94.3 Å². The molecule has 9 rings (SSSR count). The number of piperidine rings is 2. The van der Waals surface area contributed by atoms with E-state index in [1.54, 1.807) is 67.4 Å². The van der Waals surface area contributed by atoms with Crippen LogP contribution in [0.15, 0.2) is 125 Å². The first-order valence-corrected chi connectivity index (χ1v) is 46.2. The summed E-state index contributed by atoms with van der Waals surface area (Å²) in [7, 11) is 9.75. The maximum absolute atomic E-state index is 14.1. The molecule has 26 nitrogen and oxygen atoms in total. The highest BCUT2D eigenvalue weighted by molar-refractivity contribution is 7.10. The number of hydrogen-bond acceptors (Lipinski definition) is 22. The monoisotopic (exact) mass is 1850 g/mol. The highest BCUT2D eigenvalue weighted by atomic mass is 32.1. The van der Waals surface area contributed by atoms with Crippen molar-refractivity contribution in [3.05, 3.63) is 192 Å². The average Bonchev–Trinajstić information content (AvgIpc) is 0.983. The number of carbonyl (C=O) groups excluding carboxylic acids is 9. The molecule has 2 fully saturated rings. The van der Waals surface area contributed by atoms with Gasteiger partial charge in [0, 0.05) is 86.0 Å². The second-order valence-corrected chi connectivity index (χ2v) is 36.1. The first-order chi connectivity index (χ1) is 61.7. The van der Waals surface area contributed by atoms with E-state index in [-0.39, 0.29) is 120 Å². The van der Waals surface area contributed by atoms with Crippen LogP contribution < -0.4 is 15.4 Å². The molecule has 0 aliphatic carbocycles. The van der Waals surface area contributed by atoms with Gasteiger partial charge in [0.1, 0.15) is 45.7 Å². The Balaban J connectivity index is 0.000000313. The van der Waals surface area contributed by atoms with Crippen LogP contribution in [0.2, 0.25) is 0 Å². The molecule has 710 valence electrons. The zero-order valence-electron chi connectivity index (χ0n) is 77.9. The molecule has 2 aliphatic heterocycles. The van der Waals surface area contributed by atoms with Gasteiger partial charge in [0.2, 0.25) is 46.6 Å². The van der Waals surface area contributed by atoms with Gasteiger partial charge in [-0.15, -0.1) is 22.7 Å².